The number of nitrogens with two attached hydrogens (primary N) is 1. The highest BCUT2D eigenvalue weighted by molar-refractivity contribution is 5.68. The molecule has 0 bridgehead atoms. The average Bonchev–Trinajstić information content (AvgIpc) is 2.37. The minimum atomic E-state index is -0.469. The second kappa shape index (κ2) is 6.15. The Balaban J connectivity index is 1.82. The summed E-state index contributed by atoms with van der Waals surface area (Å²) in [6.07, 6.45) is 2.81. The molecule has 1 aromatic heterocycles. The molecule has 0 spiro atoms. The third-order valence-electron chi connectivity index (χ3n) is 3.21. The Kier molecular flexibility index (Phi) is 4.50. The van der Waals surface area contributed by atoms with Crippen molar-refractivity contribution >= 4 is 17.7 Å². The first-order valence-electron chi connectivity index (χ1n) is 7.15. The summed E-state index contributed by atoms with van der Waals surface area (Å²) in [5, 5.41) is 2.91. The third-order valence-corrected chi connectivity index (χ3v) is 3.21. The van der Waals surface area contributed by atoms with Crippen molar-refractivity contribution in [2.45, 2.75) is 45.3 Å². The van der Waals surface area contributed by atoms with Crippen LogP contribution in [-0.2, 0) is 4.74 Å². The van der Waals surface area contributed by atoms with Gasteiger partial charge in [0.2, 0.25) is 0 Å². The topological polar surface area (TPSA) is 93.4 Å². The van der Waals surface area contributed by atoms with Crippen molar-refractivity contribution in [2.24, 2.45) is 0 Å². The number of amides is 1. The zero-order valence-electron chi connectivity index (χ0n) is 12.8. The number of hydrogen-bond donors (Lipinski definition) is 2. The molecule has 7 nitrogen and oxygen atoms in total. The number of carbonyl (C=O) groups is 1. The SMILES string of the molecule is CC(C)(C)OC(=O)NC1CCN(c2cc(N)ncn2)CC1. The molecule has 0 saturated carbocycles. The normalized spacial score (nSPS) is 16.6. The molecule has 2 rings (SSSR count). The van der Waals surface area contributed by atoms with E-state index in [-0.39, 0.29) is 12.1 Å². The maximum absolute atomic E-state index is 11.7. The highest BCUT2D eigenvalue weighted by Gasteiger charge is 2.24. The second-order valence-electron chi connectivity index (χ2n) is 6.21. The number of ether oxygens (including phenoxy) is 1. The fourth-order valence-electron chi connectivity index (χ4n) is 2.26. The van der Waals surface area contributed by atoms with E-state index in [4.69, 9.17) is 10.5 Å². The summed E-state index contributed by atoms with van der Waals surface area (Å²) in [5.41, 5.74) is 5.20. The number of hydrogen-bond acceptors (Lipinski definition) is 6. The van der Waals surface area contributed by atoms with Crippen LogP contribution in [0.15, 0.2) is 12.4 Å². The molecule has 116 valence electrons. The quantitative estimate of drug-likeness (QED) is 0.859. The summed E-state index contributed by atoms with van der Waals surface area (Å²) in [7, 11) is 0. The molecule has 0 unspecified atom stereocenters. The smallest absolute Gasteiger partial charge is 0.407 e. The van der Waals surface area contributed by atoms with Gasteiger partial charge in [0.1, 0.15) is 23.6 Å². The fraction of sp³-hybridized carbons (Fsp3) is 0.643. The Hall–Kier alpha value is -2.05. The van der Waals surface area contributed by atoms with E-state index >= 15 is 0 Å². The molecule has 0 radical (unpaired) electrons. The molecule has 2 heterocycles. The summed E-state index contributed by atoms with van der Waals surface area (Å²) in [6, 6.07) is 1.90. The van der Waals surface area contributed by atoms with Crippen LogP contribution in [0.5, 0.6) is 0 Å². The summed E-state index contributed by atoms with van der Waals surface area (Å²) in [6.45, 7) is 7.20. The molecule has 21 heavy (non-hydrogen) atoms. The number of alkyl carbamates (subject to hydrolysis) is 1. The minimum absolute atomic E-state index is 0.135. The van der Waals surface area contributed by atoms with Gasteiger partial charge in [-0.05, 0) is 33.6 Å². The third kappa shape index (κ3) is 4.77. The zero-order valence-corrected chi connectivity index (χ0v) is 12.8. The van der Waals surface area contributed by atoms with Gasteiger partial charge in [-0.1, -0.05) is 0 Å². The minimum Gasteiger partial charge on any atom is -0.444 e. The van der Waals surface area contributed by atoms with Crippen LogP contribution in [0.4, 0.5) is 16.4 Å². The molecule has 1 saturated heterocycles. The number of rotatable bonds is 2. The molecule has 3 N–H and O–H groups in total. The lowest BCUT2D eigenvalue weighted by Crippen LogP contribution is -2.46. The number of nitrogens with one attached hydrogen (secondary N) is 1. The first kappa shape index (κ1) is 15.3. The summed E-state index contributed by atoms with van der Waals surface area (Å²) in [5.74, 6) is 1.30. The van der Waals surface area contributed by atoms with Gasteiger partial charge >= 0.3 is 6.09 Å². The lowest BCUT2D eigenvalue weighted by atomic mass is 10.1. The largest absolute Gasteiger partial charge is 0.444 e. The molecule has 0 atom stereocenters. The van der Waals surface area contributed by atoms with Crippen molar-refractivity contribution in [3.63, 3.8) is 0 Å². The van der Waals surface area contributed by atoms with Gasteiger partial charge in [0.25, 0.3) is 0 Å². The Labute approximate surface area is 124 Å². The molecule has 1 aliphatic heterocycles. The number of carbonyl (C=O) groups excluding carboxylic acids is 1. The second-order valence-corrected chi connectivity index (χ2v) is 6.21. The van der Waals surface area contributed by atoms with E-state index in [1.54, 1.807) is 6.07 Å². The molecule has 0 aromatic carbocycles. The summed E-state index contributed by atoms with van der Waals surface area (Å²) >= 11 is 0. The van der Waals surface area contributed by atoms with Gasteiger partial charge in [-0.25, -0.2) is 14.8 Å². The van der Waals surface area contributed by atoms with E-state index in [1.807, 2.05) is 20.8 Å². The number of anilines is 2. The predicted octanol–water partition coefficient (Wildman–Crippen LogP) is 1.55. The van der Waals surface area contributed by atoms with Crippen LogP contribution in [0.25, 0.3) is 0 Å². The lowest BCUT2D eigenvalue weighted by molar-refractivity contribution is 0.0497. The number of nitrogen functional groups attached to an aromatic ring is 1. The van der Waals surface area contributed by atoms with Crippen LogP contribution in [0.1, 0.15) is 33.6 Å². The molecule has 1 fully saturated rings. The van der Waals surface area contributed by atoms with Gasteiger partial charge in [0, 0.05) is 25.2 Å². The van der Waals surface area contributed by atoms with Crippen LogP contribution in [0.3, 0.4) is 0 Å². The molecular formula is C14H23N5O2. The van der Waals surface area contributed by atoms with Crippen molar-refractivity contribution in [3.05, 3.63) is 12.4 Å². The van der Waals surface area contributed by atoms with E-state index in [0.29, 0.717) is 5.82 Å². The lowest BCUT2D eigenvalue weighted by Gasteiger charge is -2.33. The van der Waals surface area contributed by atoms with Crippen LogP contribution in [0.2, 0.25) is 0 Å². The van der Waals surface area contributed by atoms with E-state index in [1.165, 1.54) is 6.33 Å². The summed E-state index contributed by atoms with van der Waals surface area (Å²) in [4.78, 5) is 22.0. The van der Waals surface area contributed by atoms with E-state index in [9.17, 15) is 4.79 Å². The average molecular weight is 293 g/mol. The van der Waals surface area contributed by atoms with E-state index < -0.39 is 5.60 Å². The van der Waals surface area contributed by atoms with Gasteiger partial charge in [-0.15, -0.1) is 0 Å². The van der Waals surface area contributed by atoms with Gasteiger partial charge in [-0.2, -0.15) is 0 Å². The fourth-order valence-corrected chi connectivity index (χ4v) is 2.26. The first-order chi connectivity index (χ1) is 9.83. The Morgan fingerprint density at radius 1 is 1.38 bits per heavy atom. The van der Waals surface area contributed by atoms with Crippen LogP contribution in [-0.4, -0.2) is 40.8 Å². The van der Waals surface area contributed by atoms with Gasteiger partial charge in [0.05, 0.1) is 0 Å². The van der Waals surface area contributed by atoms with Gasteiger partial charge in [0.15, 0.2) is 0 Å². The maximum Gasteiger partial charge on any atom is 0.407 e. The highest BCUT2D eigenvalue weighted by atomic mass is 16.6. The summed E-state index contributed by atoms with van der Waals surface area (Å²) < 4.78 is 5.27. The Bertz CT molecular complexity index is 492. The molecule has 7 heteroatoms. The highest BCUT2D eigenvalue weighted by Crippen LogP contribution is 2.19. The Morgan fingerprint density at radius 3 is 2.62 bits per heavy atom. The van der Waals surface area contributed by atoms with E-state index in [0.717, 1.165) is 31.7 Å². The molecule has 1 aromatic rings. The van der Waals surface area contributed by atoms with Crippen molar-refractivity contribution in [3.8, 4) is 0 Å². The first-order valence-corrected chi connectivity index (χ1v) is 7.15. The number of aromatic nitrogens is 2. The van der Waals surface area contributed by atoms with Gasteiger partial charge in [-0.3, -0.25) is 0 Å². The predicted molar refractivity (Wildman–Crippen MR) is 81.0 cm³/mol. The molecule has 0 aliphatic carbocycles. The Morgan fingerprint density at radius 2 is 2.05 bits per heavy atom. The van der Waals surface area contributed by atoms with Crippen molar-refractivity contribution < 1.29 is 9.53 Å². The number of nitrogens with zero attached hydrogens (tertiary/aromatic N) is 3. The standard InChI is InChI=1S/C14H23N5O2/c1-14(2,3)21-13(20)18-10-4-6-19(7-5-10)12-8-11(15)16-9-17-12/h8-10H,4-7H2,1-3H3,(H,18,20)(H2,15,16,17). The molecular weight excluding hydrogens is 270 g/mol. The zero-order chi connectivity index (χ0) is 15.5. The van der Waals surface area contributed by atoms with Crippen LogP contribution >= 0.6 is 0 Å². The van der Waals surface area contributed by atoms with Crippen LogP contribution in [0, 0.1) is 0 Å². The number of piperidine rings is 1. The molecule has 1 amide bonds. The van der Waals surface area contributed by atoms with Crippen LogP contribution < -0.4 is 16.0 Å². The monoisotopic (exact) mass is 293 g/mol. The molecule has 1 aliphatic rings. The van der Waals surface area contributed by atoms with Crippen molar-refractivity contribution in [1.82, 2.24) is 15.3 Å². The van der Waals surface area contributed by atoms with Crippen molar-refractivity contribution in [1.29, 1.82) is 0 Å². The van der Waals surface area contributed by atoms with Crippen molar-refractivity contribution in [2.75, 3.05) is 23.7 Å². The van der Waals surface area contributed by atoms with E-state index in [2.05, 4.69) is 20.2 Å². The maximum atomic E-state index is 11.7. The van der Waals surface area contributed by atoms with Gasteiger partial charge < -0.3 is 20.7 Å².